The van der Waals surface area contributed by atoms with Crippen LogP contribution in [0.15, 0.2) is 48.0 Å². The van der Waals surface area contributed by atoms with Crippen LogP contribution in [0, 0.1) is 12.7 Å². The molecule has 1 aromatic heterocycles. The third kappa shape index (κ3) is 3.28. The number of Topliss-reactive ketones (excluding diaryl/α,β-unsaturated/α-hetero) is 1. The van der Waals surface area contributed by atoms with Crippen LogP contribution in [0.25, 0.3) is 5.76 Å². The van der Waals surface area contributed by atoms with Crippen molar-refractivity contribution in [2.24, 2.45) is 0 Å². The third-order valence-corrected chi connectivity index (χ3v) is 6.01. The van der Waals surface area contributed by atoms with E-state index in [9.17, 15) is 19.1 Å². The van der Waals surface area contributed by atoms with E-state index in [-0.39, 0.29) is 22.0 Å². The van der Waals surface area contributed by atoms with Gasteiger partial charge in [0.25, 0.3) is 5.78 Å². The van der Waals surface area contributed by atoms with Crippen molar-refractivity contribution in [3.05, 3.63) is 70.0 Å². The van der Waals surface area contributed by atoms with E-state index >= 15 is 0 Å². The van der Waals surface area contributed by atoms with Crippen LogP contribution in [0.3, 0.4) is 0 Å². The fourth-order valence-corrected chi connectivity index (χ4v) is 4.43. The second-order valence-corrected chi connectivity index (χ2v) is 8.34. The van der Waals surface area contributed by atoms with E-state index in [4.69, 9.17) is 9.47 Å². The molecule has 0 radical (unpaired) electrons. The molecule has 3 aromatic rings. The lowest BCUT2D eigenvalue weighted by molar-refractivity contribution is -0.132. The average Bonchev–Trinajstić information content (AvgIpc) is 3.34. The number of ketones is 1. The minimum absolute atomic E-state index is 0.133. The number of nitrogens with zero attached hydrogens (tertiary/aromatic N) is 3. The van der Waals surface area contributed by atoms with Crippen LogP contribution in [0.5, 0.6) is 11.5 Å². The average molecular weight is 453 g/mol. The molecule has 0 bridgehead atoms. The number of ether oxygens (including phenoxy) is 2. The number of rotatable bonds is 3. The number of aromatic nitrogens is 2. The number of hydrogen-bond donors (Lipinski definition) is 1. The molecule has 0 unspecified atom stereocenters. The van der Waals surface area contributed by atoms with Gasteiger partial charge in [-0.25, -0.2) is 4.39 Å². The fourth-order valence-electron chi connectivity index (χ4n) is 3.72. The Balaban J connectivity index is 1.69. The molecule has 1 saturated heterocycles. The molecule has 162 valence electrons. The smallest absolute Gasteiger partial charge is 0.301 e. The van der Waals surface area contributed by atoms with Crippen LogP contribution in [0.1, 0.15) is 22.2 Å². The van der Waals surface area contributed by atoms with Gasteiger partial charge >= 0.3 is 5.91 Å². The van der Waals surface area contributed by atoms with Gasteiger partial charge in [-0.15, -0.1) is 10.2 Å². The van der Waals surface area contributed by atoms with Crippen LogP contribution < -0.4 is 14.4 Å². The van der Waals surface area contributed by atoms with Crippen molar-refractivity contribution < 1.29 is 28.6 Å². The van der Waals surface area contributed by atoms with Crippen molar-refractivity contribution in [1.82, 2.24) is 10.2 Å². The van der Waals surface area contributed by atoms with Crippen LogP contribution in [-0.2, 0) is 9.59 Å². The number of hydrogen-bond acceptors (Lipinski definition) is 8. The minimum atomic E-state index is -1.00. The molecule has 2 aliphatic rings. The molecule has 1 fully saturated rings. The maximum absolute atomic E-state index is 13.6. The molecule has 0 spiro atoms. The Labute approximate surface area is 185 Å². The van der Waals surface area contributed by atoms with Gasteiger partial charge in [-0.3, -0.25) is 14.5 Å². The van der Waals surface area contributed by atoms with E-state index in [0.29, 0.717) is 35.3 Å². The number of carbonyl (C=O) groups is 2. The van der Waals surface area contributed by atoms with Crippen molar-refractivity contribution in [1.29, 1.82) is 0 Å². The van der Waals surface area contributed by atoms with Crippen LogP contribution in [-0.4, -0.2) is 40.2 Å². The van der Waals surface area contributed by atoms with Crippen LogP contribution in [0.2, 0.25) is 0 Å². The first kappa shape index (κ1) is 20.1. The minimum Gasteiger partial charge on any atom is -0.507 e. The second kappa shape index (κ2) is 7.72. The number of aryl methyl sites for hydroxylation is 1. The highest BCUT2D eigenvalue weighted by molar-refractivity contribution is 7.15. The Bertz CT molecular complexity index is 1270. The van der Waals surface area contributed by atoms with E-state index in [0.717, 1.165) is 11.3 Å². The molecule has 10 heteroatoms. The van der Waals surface area contributed by atoms with Gasteiger partial charge in [0, 0.05) is 5.56 Å². The topological polar surface area (TPSA) is 102 Å². The zero-order valence-corrected chi connectivity index (χ0v) is 17.6. The number of aliphatic hydroxyl groups is 1. The molecule has 2 aromatic carbocycles. The molecular weight excluding hydrogens is 437 g/mol. The van der Waals surface area contributed by atoms with Gasteiger partial charge in [-0.2, -0.15) is 0 Å². The lowest BCUT2D eigenvalue weighted by Gasteiger charge is -2.23. The Morgan fingerprint density at radius 3 is 2.50 bits per heavy atom. The predicted octanol–water partition coefficient (Wildman–Crippen LogP) is 3.38. The first-order chi connectivity index (χ1) is 15.4. The first-order valence-electron chi connectivity index (χ1n) is 9.70. The van der Waals surface area contributed by atoms with Crippen molar-refractivity contribution in [2.45, 2.75) is 13.0 Å². The van der Waals surface area contributed by atoms with E-state index in [1.165, 1.54) is 29.2 Å². The first-order valence-corrected chi connectivity index (χ1v) is 10.5. The zero-order valence-electron chi connectivity index (χ0n) is 16.7. The monoisotopic (exact) mass is 453 g/mol. The third-order valence-electron chi connectivity index (χ3n) is 5.17. The Hall–Kier alpha value is -3.79. The second-order valence-electron chi connectivity index (χ2n) is 7.18. The van der Waals surface area contributed by atoms with Crippen LogP contribution in [0.4, 0.5) is 9.52 Å². The summed E-state index contributed by atoms with van der Waals surface area (Å²) >= 11 is 1.14. The maximum atomic E-state index is 13.6. The molecule has 0 saturated carbocycles. The van der Waals surface area contributed by atoms with Crippen molar-refractivity contribution >= 4 is 33.9 Å². The maximum Gasteiger partial charge on any atom is 0.301 e. The Morgan fingerprint density at radius 1 is 1.09 bits per heavy atom. The number of carbonyl (C=O) groups excluding carboxylic acids is 2. The number of anilines is 1. The summed E-state index contributed by atoms with van der Waals surface area (Å²) in [6.45, 7) is 2.49. The summed E-state index contributed by atoms with van der Waals surface area (Å²) in [4.78, 5) is 27.2. The summed E-state index contributed by atoms with van der Waals surface area (Å²) in [6, 6.07) is 9.13. The quantitative estimate of drug-likeness (QED) is 0.368. The van der Waals surface area contributed by atoms with E-state index in [2.05, 4.69) is 10.2 Å². The highest BCUT2D eigenvalue weighted by atomic mass is 32.1. The number of amides is 1. The standard InChI is InChI=1S/C22H16FN3O5S/c1-11-24-25-22(32-11)26-18(12-2-5-14(23)6-3-12)17(20(28)21(26)29)19(27)13-4-7-15-16(10-13)31-9-8-30-15/h2-7,10,18,27H,8-9H2,1H3/t18-/m1/s1. The van der Waals surface area contributed by atoms with Crippen molar-refractivity contribution in [3.8, 4) is 11.5 Å². The lowest BCUT2D eigenvalue weighted by atomic mass is 9.95. The normalized spacial score (nSPS) is 19.4. The van der Waals surface area contributed by atoms with Crippen LogP contribution >= 0.6 is 11.3 Å². The summed E-state index contributed by atoms with van der Waals surface area (Å²) in [6.07, 6.45) is 0. The number of benzene rings is 2. The highest BCUT2D eigenvalue weighted by Crippen LogP contribution is 2.43. The van der Waals surface area contributed by atoms with Gasteiger partial charge in [0.1, 0.15) is 29.8 Å². The van der Waals surface area contributed by atoms with Gasteiger partial charge in [-0.05, 0) is 42.8 Å². The largest absolute Gasteiger partial charge is 0.507 e. The SMILES string of the molecule is Cc1nnc(N2C(=O)C(=O)C(=C(O)c3ccc4c(c3)OCCO4)[C@H]2c2ccc(F)cc2)s1. The zero-order chi connectivity index (χ0) is 22.4. The summed E-state index contributed by atoms with van der Waals surface area (Å²) < 4.78 is 24.6. The summed E-state index contributed by atoms with van der Waals surface area (Å²) in [5.41, 5.74) is 0.594. The van der Waals surface area contributed by atoms with Crippen molar-refractivity contribution in [3.63, 3.8) is 0 Å². The summed E-state index contributed by atoms with van der Waals surface area (Å²) in [7, 11) is 0. The molecular formula is C22H16FN3O5S. The molecule has 32 heavy (non-hydrogen) atoms. The lowest BCUT2D eigenvalue weighted by Crippen LogP contribution is -2.29. The van der Waals surface area contributed by atoms with Gasteiger partial charge in [-0.1, -0.05) is 23.5 Å². The number of halogens is 1. The summed E-state index contributed by atoms with van der Waals surface area (Å²) in [5, 5.41) is 19.9. The van der Waals surface area contributed by atoms with E-state index in [1.807, 2.05) is 0 Å². The highest BCUT2D eigenvalue weighted by Gasteiger charge is 2.48. The molecule has 5 rings (SSSR count). The van der Waals surface area contributed by atoms with Gasteiger partial charge in [0.15, 0.2) is 11.5 Å². The van der Waals surface area contributed by atoms with Gasteiger partial charge in [0.2, 0.25) is 5.13 Å². The molecule has 3 heterocycles. The molecule has 0 aliphatic carbocycles. The number of fused-ring (bicyclic) bond motifs is 1. The molecule has 2 aliphatic heterocycles. The molecule has 8 nitrogen and oxygen atoms in total. The van der Waals surface area contributed by atoms with E-state index < -0.39 is 23.5 Å². The van der Waals surface area contributed by atoms with Gasteiger partial charge < -0.3 is 14.6 Å². The van der Waals surface area contributed by atoms with Gasteiger partial charge in [0.05, 0.1) is 11.6 Å². The molecule has 1 atom stereocenters. The molecule has 1 amide bonds. The Morgan fingerprint density at radius 2 is 1.81 bits per heavy atom. The number of aliphatic hydroxyl groups excluding tert-OH is 1. The van der Waals surface area contributed by atoms with E-state index in [1.54, 1.807) is 25.1 Å². The summed E-state index contributed by atoms with van der Waals surface area (Å²) in [5.74, 6) is -1.63. The predicted molar refractivity (Wildman–Crippen MR) is 113 cm³/mol. The Kier molecular flexibility index (Phi) is 4.86. The fraction of sp³-hybridized carbons (Fsp3) is 0.182. The van der Waals surface area contributed by atoms with Crippen molar-refractivity contribution in [2.75, 3.05) is 18.1 Å². The molecule has 1 N–H and O–H groups in total.